The Bertz CT molecular complexity index is 1890. The van der Waals surface area contributed by atoms with Gasteiger partial charge in [-0.1, -0.05) is 72.8 Å². The SMILES string of the molecule is CC(=O)Nc1ccc(NC(=O)Nc2ccc(CCNc3ncnc4oc(-c5ccccc5)c(-c5ccccc5)c34)cc2)cc1. The van der Waals surface area contributed by atoms with Crippen LogP contribution in [-0.4, -0.2) is 28.5 Å². The summed E-state index contributed by atoms with van der Waals surface area (Å²) in [5.74, 6) is 1.31. The van der Waals surface area contributed by atoms with Crippen LogP contribution in [0.15, 0.2) is 120 Å². The summed E-state index contributed by atoms with van der Waals surface area (Å²) in [5, 5.41) is 12.7. The number of rotatable bonds is 9. The minimum Gasteiger partial charge on any atom is -0.437 e. The topological polar surface area (TPSA) is 121 Å². The number of furan rings is 1. The lowest BCUT2D eigenvalue weighted by Gasteiger charge is -2.10. The second-order valence-corrected chi connectivity index (χ2v) is 10.2. The third-order valence-corrected chi connectivity index (χ3v) is 6.97. The molecule has 9 heteroatoms. The van der Waals surface area contributed by atoms with Gasteiger partial charge < -0.3 is 25.7 Å². The lowest BCUT2D eigenvalue weighted by Crippen LogP contribution is -2.19. The molecule has 0 fully saturated rings. The number of hydrogen-bond acceptors (Lipinski definition) is 6. The van der Waals surface area contributed by atoms with E-state index in [4.69, 9.17) is 4.42 Å². The van der Waals surface area contributed by atoms with Crippen molar-refractivity contribution >= 4 is 45.9 Å². The Morgan fingerprint density at radius 3 is 1.86 bits per heavy atom. The molecule has 3 amide bonds. The predicted molar refractivity (Wildman–Crippen MR) is 175 cm³/mol. The van der Waals surface area contributed by atoms with Crippen LogP contribution in [0, 0.1) is 0 Å². The van der Waals surface area contributed by atoms with E-state index in [9.17, 15) is 9.59 Å². The minimum atomic E-state index is -0.358. The maximum atomic E-state index is 12.5. The number of carbonyl (C=O) groups is 2. The zero-order chi connectivity index (χ0) is 30.3. The molecule has 2 heterocycles. The lowest BCUT2D eigenvalue weighted by atomic mass is 9.99. The Hall–Kier alpha value is -5.96. The van der Waals surface area contributed by atoms with E-state index in [1.807, 2.05) is 72.8 Å². The molecule has 4 N–H and O–H groups in total. The van der Waals surface area contributed by atoms with Crippen molar-refractivity contribution in [2.75, 3.05) is 27.8 Å². The summed E-state index contributed by atoms with van der Waals surface area (Å²) in [6.45, 7) is 2.08. The standard InChI is InChI=1S/C35H30N6O3/c1-23(42)39-27-16-18-29(19-17-27)41-35(43)40-28-14-12-24(13-15-28)20-21-36-33-31-30(25-8-4-2-5-9-25)32(26-10-6-3-7-11-26)44-34(31)38-22-37-33/h2-19,22H,20-21H2,1H3,(H,39,42)(H,36,37,38)(H2,40,41,43). The summed E-state index contributed by atoms with van der Waals surface area (Å²) in [4.78, 5) is 32.7. The van der Waals surface area contributed by atoms with Gasteiger partial charge in [0.25, 0.3) is 0 Å². The van der Waals surface area contributed by atoms with Crippen molar-refractivity contribution in [1.82, 2.24) is 9.97 Å². The molecular weight excluding hydrogens is 552 g/mol. The Labute approximate surface area is 254 Å². The zero-order valence-corrected chi connectivity index (χ0v) is 24.0. The van der Waals surface area contributed by atoms with Gasteiger partial charge in [-0.3, -0.25) is 4.79 Å². The van der Waals surface area contributed by atoms with E-state index in [1.165, 1.54) is 13.3 Å². The Kier molecular flexibility index (Phi) is 8.27. The monoisotopic (exact) mass is 582 g/mol. The number of hydrogen-bond donors (Lipinski definition) is 4. The number of benzene rings is 4. The summed E-state index contributed by atoms with van der Waals surface area (Å²) in [5.41, 5.74) is 6.52. The van der Waals surface area contributed by atoms with Gasteiger partial charge >= 0.3 is 6.03 Å². The smallest absolute Gasteiger partial charge is 0.323 e. The molecule has 0 aliphatic carbocycles. The molecule has 44 heavy (non-hydrogen) atoms. The van der Waals surface area contributed by atoms with Gasteiger partial charge in [-0.25, -0.2) is 14.8 Å². The molecule has 0 spiro atoms. The predicted octanol–water partition coefficient (Wildman–Crippen LogP) is 7.81. The van der Waals surface area contributed by atoms with Crippen LogP contribution < -0.4 is 21.3 Å². The number of fused-ring (bicyclic) bond motifs is 1. The first kappa shape index (κ1) is 28.2. The van der Waals surface area contributed by atoms with Crippen LogP contribution in [0.5, 0.6) is 0 Å². The summed E-state index contributed by atoms with van der Waals surface area (Å²) in [6.07, 6.45) is 2.25. The van der Waals surface area contributed by atoms with E-state index in [-0.39, 0.29) is 11.9 Å². The number of nitrogens with zero attached hydrogens (tertiary/aromatic N) is 2. The highest BCUT2D eigenvalue weighted by molar-refractivity contribution is 6.06. The molecule has 0 unspecified atom stereocenters. The van der Waals surface area contributed by atoms with Gasteiger partial charge in [0.05, 0.1) is 5.39 Å². The van der Waals surface area contributed by atoms with Gasteiger partial charge in [0.2, 0.25) is 11.6 Å². The molecule has 218 valence electrons. The van der Waals surface area contributed by atoms with Gasteiger partial charge in [-0.05, 0) is 53.9 Å². The van der Waals surface area contributed by atoms with Gasteiger partial charge in [0.15, 0.2) is 0 Å². The van der Waals surface area contributed by atoms with Gasteiger partial charge in [-0.2, -0.15) is 0 Å². The molecule has 6 aromatic rings. The first-order valence-corrected chi connectivity index (χ1v) is 14.2. The highest BCUT2D eigenvalue weighted by atomic mass is 16.3. The van der Waals surface area contributed by atoms with Crippen molar-refractivity contribution in [1.29, 1.82) is 0 Å². The van der Waals surface area contributed by atoms with Crippen molar-refractivity contribution < 1.29 is 14.0 Å². The summed E-state index contributed by atoms with van der Waals surface area (Å²) in [7, 11) is 0. The zero-order valence-electron chi connectivity index (χ0n) is 24.0. The molecular formula is C35H30N6O3. The molecule has 0 atom stereocenters. The number of nitrogens with one attached hydrogen (secondary N) is 4. The van der Waals surface area contributed by atoms with Gasteiger partial charge in [0.1, 0.15) is 17.9 Å². The Morgan fingerprint density at radius 1 is 0.682 bits per heavy atom. The average Bonchev–Trinajstić information content (AvgIpc) is 3.44. The highest BCUT2D eigenvalue weighted by Crippen LogP contribution is 2.42. The van der Waals surface area contributed by atoms with E-state index in [2.05, 4.69) is 43.4 Å². The summed E-state index contributed by atoms with van der Waals surface area (Å²) < 4.78 is 6.30. The van der Waals surface area contributed by atoms with Crippen molar-refractivity contribution in [3.8, 4) is 22.5 Å². The van der Waals surface area contributed by atoms with Crippen LogP contribution >= 0.6 is 0 Å². The summed E-state index contributed by atoms with van der Waals surface area (Å²) >= 11 is 0. The quantitative estimate of drug-likeness (QED) is 0.138. The molecule has 0 radical (unpaired) electrons. The fraction of sp³-hybridized carbons (Fsp3) is 0.0857. The van der Waals surface area contributed by atoms with E-state index in [0.717, 1.165) is 39.8 Å². The maximum Gasteiger partial charge on any atom is 0.323 e. The third kappa shape index (κ3) is 6.57. The number of amides is 3. The molecule has 9 nitrogen and oxygen atoms in total. The summed E-state index contributed by atoms with van der Waals surface area (Å²) in [6, 6.07) is 34.4. The second kappa shape index (κ2) is 12.9. The number of anilines is 4. The molecule has 6 rings (SSSR count). The first-order valence-electron chi connectivity index (χ1n) is 14.2. The fourth-order valence-electron chi connectivity index (χ4n) is 4.95. The molecule has 0 aliphatic rings. The van der Waals surface area contributed by atoms with Crippen LogP contribution in [0.4, 0.5) is 27.7 Å². The molecule has 4 aromatic carbocycles. The number of urea groups is 1. The van der Waals surface area contributed by atoms with Crippen molar-refractivity contribution in [3.05, 3.63) is 121 Å². The van der Waals surface area contributed by atoms with Crippen LogP contribution in [0.25, 0.3) is 33.6 Å². The highest BCUT2D eigenvalue weighted by Gasteiger charge is 2.21. The first-order chi connectivity index (χ1) is 21.5. The van der Waals surface area contributed by atoms with E-state index in [0.29, 0.717) is 35.1 Å². The Balaban J connectivity index is 1.12. The molecule has 0 bridgehead atoms. The normalized spacial score (nSPS) is 10.8. The van der Waals surface area contributed by atoms with Crippen molar-refractivity contribution in [2.24, 2.45) is 0 Å². The van der Waals surface area contributed by atoms with Crippen LogP contribution in [0.3, 0.4) is 0 Å². The number of aromatic nitrogens is 2. The van der Waals surface area contributed by atoms with Crippen LogP contribution in [-0.2, 0) is 11.2 Å². The van der Waals surface area contributed by atoms with Crippen LogP contribution in [0.2, 0.25) is 0 Å². The van der Waals surface area contributed by atoms with Crippen molar-refractivity contribution in [2.45, 2.75) is 13.3 Å². The average molecular weight is 583 g/mol. The van der Waals surface area contributed by atoms with E-state index >= 15 is 0 Å². The van der Waals surface area contributed by atoms with Crippen molar-refractivity contribution in [3.63, 3.8) is 0 Å². The van der Waals surface area contributed by atoms with E-state index in [1.54, 1.807) is 24.3 Å². The fourth-order valence-corrected chi connectivity index (χ4v) is 4.95. The molecule has 0 saturated heterocycles. The van der Waals surface area contributed by atoms with E-state index < -0.39 is 0 Å². The lowest BCUT2D eigenvalue weighted by molar-refractivity contribution is -0.114. The number of carbonyl (C=O) groups excluding carboxylic acids is 2. The third-order valence-electron chi connectivity index (χ3n) is 6.97. The largest absolute Gasteiger partial charge is 0.437 e. The van der Waals surface area contributed by atoms with Gasteiger partial charge in [0, 0.05) is 41.7 Å². The minimum absolute atomic E-state index is 0.151. The Morgan fingerprint density at radius 2 is 1.25 bits per heavy atom. The van der Waals surface area contributed by atoms with Gasteiger partial charge in [-0.15, -0.1) is 0 Å². The maximum absolute atomic E-state index is 12.5. The molecule has 0 aliphatic heterocycles. The van der Waals surface area contributed by atoms with Crippen LogP contribution in [0.1, 0.15) is 12.5 Å². The molecule has 2 aromatic heterocycles. The second-order valence-electron chi connectivity index (χ2n) is 10.2. The molecule has 0 saturated carbocycles.